The summed E-state index contributed by atoms with van der Waals surface area (Å²) in [7, 11) is 0. The van der Waals surface area contributed by atoms with Crippen LogP contribution in [0.3, 0.4) is 0 Å². The molecule has 1 aromatic carbocycles. The average Bonchev–Trinajstić information content (AvgIpc) is 2.16. The number of halogens is 3. The summed E-state index contributed by atoms with van der Waals surface area (Å²) in [5.41, 5.74) is 0.605. The second-order valence-corrected chi connectivity index (χ2v) is 3.97. The Hall–Kier alpha value is -0.310. The summed E-state index contributed by atoms with van der Waals surface area (Å²) in [6, 6.07) is 5.05. The quantitative estimate of drug-likeness (QED) is 0.549. The summed E-state index contributed by atoms with van der Waals surface area (Å²) >= 11 is 17.2. The van der Waals surface area contributed by atoms with Crippen molar-refractivity contribution in [3.8, 4) is 0 Å². The maximum atomic E-state index is 5.88. The van der Waals surface area contributed by atoms with Gasteiger partial charge in [0.05, 0.1) is 11.1 Å². The normalized spacial score (nSPS) is 13.4. The molecule has 0 N–H and O–H groups in total. The molecule has 0 fully saturated rings. The van der Waals surface area contributed by atoms with Crippen LogP contribution in [0.5, 0.6) is 0 Å². The van der Waals surface area contributed by atoms with Crippen molar-refractivity contribution in [1.82, 2.24) is 0 Å². The van der Waals surface area contributed by atoms with Gasteiger partial charge < -0.3 is 0 Å². The molecule has 0 aliphatic rings. The Morgan fingerprint density at radius 2 is 2.07 bits per heavy atom. The Bertz CT molecular complexity index is 339. The SMILES string of the molecule is CC(CCl)N=Nc1ccc(Cl)cc1Cl. The van der Waals surface area contributed by atoms with Gasteiger partial charge in [-0.15, -0.1) is 11.6 Å². The van der Waals surface area contributed by atoms with Gasteiger partial charge in [-0.05, 0) is 25.1 Å². The zero-order valence-electron chi connectivity index (χ0n) is 7.54. The van der Waals surface area contributed by atoms with Gasteiger partial charge in [0.15, 0.2) is 0 Å². The third-order valence-electron chi connectivity index (χ3n) is 1.50. The molecule has 1 aromatic rings. The Morgan fingerprint density at radius 3 is 2.64 bits per heavy atom. The minimum absolute atomic E-state index is 0.0107. The molecule has 5 heteroatoms. The van der Waals surface area contributed by atoms with Crippen LogP contribution in [0.15, 0.2) is 28.4 Å². The van der Waals surface area contributed by atoms with Gasteiger partial charge in [0.25, 0.3) is 0 Å². The van der Waals surface area contributed by atoms with Gasteiger partial charge in [-0.3, -0.25) is 0 Å². The molecule has 0 heterocycles. The first-order valence-corrected chi connectivity index (χ1v) is 5.34. The Balaban J connectivity index is 2.82. The number of alkyl halides is 1. The third-order valence-corrected chi connectivity index (χ3v) is 2.48. The topological polar surface area (TPSA) is 24.7 Å². The van der Waals surface area contributed by atoms with Gasteiger partial charge in [0, 0.05) is 10.9 Å². The number of rotatable bonds is 3. The van der Waals surface area contributed by atoms with Crippen molar-refractivity contribution in [3.05, 3.63) is 28.2 Å². The molecule has 14 heavy (non-hydrogen) atoms. The van der Waals surface area contributed by atoms with Gasteiger partial charge in [0.2, 0.25) is 0 Å². The van der Waals surface area contributed by atoms with Crippen LogP contribution >= 0.6 is 34.8 Å². The van der Waals surface area contributed by atoms with Crippen LogP contribution in [0.4, 0.5) is 5.69 Å². The van der Waals surface area contributed by atoms with Gasteiger partial charge in [-0.25, -0.2) is 0 Å². The number of hydrogen-bond donors (Lipinski definition) is 0. The van der Waals surface area contributed by atoms with E-state index in [1.54, 1.807) is 18.2 Å². The Morgan fingerprint density at radius 1 is 1.36 bits per heavy atom. The molecular weight excluding hydrogens is 242 g/mol. The second kappa shape index (κ2) is 5.54. The molecule has 1 unspecified atom stereocenters. The lowest BCUT2D eigenvalue weighted by Crippen LogP contribution is -1.96. The molecule has 0 saturated carbocycles. The van der Waals surface area contributed by atoms with Crippen LogP contribution < -0.4 is 0 Å². The van der Waals surface area contributed by atoms with Gasteiger partial charge >= 0.3 is 0 Å². The van der Waals surface area contributed by atoms with Gasteiger partial charge in [-0.1, -0.05) is 23.2 Å². The van der Waals surface area contributed by atoms with Crippen molar-refractivity contribution in [2.24, 2.45) is 10.2 Å². The number of nitrogens with zero attached hydrogens (tertiary/aromatic N) is 2. The molecule has 0 aromatic heterocycles. The first-order chi connectivity index (χ1) is 6.63. The maximum Gasteiger partial charge on any atom is 0.104 e. The lowest BCUT2D eigenvalue weighted by atomic mass is 10.3. The fraction of sp³-hybridized carbons (Fsp3) is 0.333. The first kappa shape index (κ1) is 11.8. The molecule has 2 nitrogen and oxygen atoms in total. The highest BCUT2D eigenvalue weighted by Gasteiger charge is 2.00. The molecule has 0 bridgehead atoms. The standard InChI is InChI=1S/C9H9Cl3N2/c1-6(5-10)13-14-9-3-2-7(11)4-8(9)12/h2-4,6H,5H2,1H3. The second-order valence-electron chi connectivity index (χ2n) is 2.81. The van der Waals surface area contributed by atoms with Crippen LogP contribution in [-0.2, 0) is 0 Å². The van der Waals surface area contributed by atoms with E-state index in [1.165, 1.54) is 0 Å². The molecule has 0 saturated heterocycles. The molecule has 0 radical (unpaired) electrons. The zero-order valence-corrected chi connectivity index (χ0v) is 9.81. The van der Waals surface area contributed by atoms with Crippen molar-refractivity contribution in [1.29, 1.82) is 0 Å². The molecule has 1 rings (SSSR count). The van der Waals surface area contributed by atoms with Gasteiger partial charge in [0.1, 0.15) is 5.69 Å². The first-order valence-electron chi connectivity index (χ1n) is 4.05. The van der Waals surface area contributed by atoms with Crippen molar-refractivity contribution in [2.75, 3.05) is 5.88 Å². The highest BCUT2D eigenvalue weighted by Crippen LogP contribution is 2.28. The smallest absolute Gasteiger partial charge is 0.104 e. The summed E-state index contributed by atoms with van der Waals surface area (Å²) in [6.07, 6.45) is 0. The highest BCUT2D eigenvalue weighted by molar-refractivity contribution is 6.36. The molecular formula is C9H9Cl3N2. The third kappa shape index (κ3) is 3.45. The van der Waals surface area contributed by atoms with E-state index in [9.17, 15) is 0 Å². The Labute approximate surface area is 97.9 Å². The summed E-state index contributed by atoms with van der Waals surface area (Å²) in [4.78, 5) is 0. The monoisotopic (exact) mass is 250 g/mol. The maximum absolute atomic E-state index is 5.88. The van der Waals surface area contributed by atoms with Crippen LogP contribution in [0.25, 0.3) is 0 Å². The summed E-state index contributed by atoms with van der Waals surface area (Å²) in [5.74, 6) is 0.439. The van der Waals surface area contributed by atoms with E-state index in [4.69, 9.17) is 34.8 Å². The van der Waals surface area contributed by atoms with Crippen molar-refractivity contribution >= 4 is 40.5 Å². The van der Waals surface area contributed by atoms with E-state index in [1.807, 2.05) is 6.92 Å². The fourth-order valence-electron chi connectivity index (χ4n) is 0.754. The zero-order chi connectivity index (χ0) is 10.6. The van der Waals surface area contributed by atoms with E-state index in [0.717, 1.165) is 0 Å². The molecule has 1 atom stereocenters. The van der Waals surface area contributed by atoms with Crippen molar-refractivity contribution in [3.63, 3.8) is 0 Å². The van der Waals surface area contributed by atoms with Crippen LogP contribution in [0, 0.1) is 0 Å². The summed E-state index contributed by atoms with van der Waals surface area (Å²) in [6.45, 7) is 1.88. The van der Waals surface area contributed by atoms with Crippen molar-refractivity contribution in [2.45, 2.75) is 13.0 Å². The molecule has 0 spiro atoms. The van der Waals surface area contributed by atoms with E-state index >= 15 is 0 Å². The predicted molar refractivity (Wildman–Crippen MR) is 61.2 cm³/mol. The van der Waals surface area contributed by atoms with Gasteiger partial charge in [-0.2, -0.15) is 10.2 Å². The minimum Gasteiger partial charge on any atom is -0.184 e. The van der Waals surface area contributed by atoms with E-state index in [-0.39, 0.29) is 6.04 Å². The highest BCUT2D eigenvalue weighted by atomic mass is 35.5. The number of hydrogen-bond acceptors (Lipinski definition) is 2. The predicted octanol–water partition coefficient (Wildman–Crippen LogP) is 4.70. The van der Waals surface area contributed by atoms with Crippen LogP contribution in [0.1, 0.15) is 6.92 Å². The van der Waals surface area contributed by atoms with Crippen molar-refractivity contribution < 1.29 is 0 Å². The van der Waals surface area contributed by atoms with E-state index in [2.05, 4.69) is 10.2 Å². The lowest BCUT2D eigenvalue weighted by Gasteiger charge is -1.99. The lowest BCUT2D eigenvalue weighted by molar-refractivity contribution is 0.786. The molecule has 76 valence electrons. The fourth-order valence-corrected chi connectivity index (χ4v) is 1.26. The van der Waals surface area contributed by atoms with Crippen LogP contribution in [0.2, 0.25) is 10.0 Å². The largest absolute Gasteiger partial charge is 0.184 e. The molecule has 0 amide bonds. The van der Waals surface area contributed by atoms with Crippen LogP contribution in [-0.4, -0.2) is 11.9 Å². The summed E-state index contributed by atoms with van der Waals surface area (Å²) < 4.78 is 0. The average molecular weight is 252 g/mol. The number of azo groups is 1. The Kier molecular flexibility index (Phi) is 4.66. The number of benzene rings is 1. The molecule has 0 aliphatic carbocycles. The minimum atomic E-state index is -0.0107. The van der Waals surface area contributed by atoms with E-state index in [0.29, 0.717) is 21.6 Å². The summed E-state index contributed by atoms with van der Waals surface area (Å²) in [5, 5.41) is 9.01. The van der Waals surface area contributed by atoms with E-state index < -0.39 is 0 Å². The molecule has 0 aliphatic heterocycles.